The molecule has 0 aromatic carbocycles. The van der Waals surface area contributed by atoms with Gasteiger partial charge in [-0.3, -0.25) is 4.79 Å². The molecular weight excluding hydrogens is 166 g/mol. The summed E-state index contributed by atoms with van der Waals surface area (Å²) in [7, 11) is 0. The number of piperidine rings is 1. The SMILES string of the molecule is O=C(O)[C@H]1NCC[C@@H]2CCCC[C@H]21. The highest BCUT2D eigenvalue weighted by molar-refractivity contribution is 5.74. The number of carboxylic acids is 1. The lowest BCUT2D eigenvalue weighted by Gasteiger charge is -2.39. The molecular formula is C10H17NO2. The molecule has 3 heteroatoms. The van der Waals surface area contributed by atoms with Crippen molar-refractivity contribution in [2.75, 3.05) is 6.54 Å². The van der Waals surface area contributed by atoms with Crippen LogP contribution in [0.4, 0.5) is 0 Å². The molecule has 3 nitrogen and oxygen atoms in total. The number of carbonyl (C=O) groups is 1. The van der Waals surface area contributed by atoms with E-state index in [0.717, 1.165) is 13.0 Å². The highest BCUT2D eigenvalue weighted by Crippen LogP contribution is 2.36. The second kappa shape index (κ2) is 3.66. The van der Waals surface area contributed by atoms with E-state index in [1.165, 1.54) is 25.7 Å². The maximum absolute atomic E-state index is 10.9. The van der Waals surface area contributed by atoms with Crippen molar-refractivity contribution in [3.05, 3.63) is 0 Å². The number of rotatable bonds is 1. The Morgan fingerprint density at radius 2 is 2.00 bits per heavy atom. The molecule has 1 heterocycles. The average Bonchev–Trinajstić information content (AvgIpc) is 2.17. The van der Waals surface area contributed by atoms with Gasteiger partial charge in [0.25, 0.3) is 0 Å². The summed E-state index contributed by atoms with van der Waals surface area (Å²) >= 11 is 0. The van der Waals surface area contributed by atoms with E-state index in [1.807, 2.05) is 0 Å². The molecule has 13 heavy (non-hydrogen) atoms. The van der Waals surface area contributed by atoms with Crippen molar-refractivity contribution >= 4 is 5.97 Å². The number of fused-ring (bicyclic) bond motifs is 1. The summed E-state index contributed by atoms with van der Waals surface area (Å²) in [5.74, 6) is 0.424. The number of hydrogen-bond donors (Lipinski definition) is 2. The minimum Gasteiger partial charge on any atom is -0.480 e. The summed E-state index contributed by atoms with van der Waals surface area (Å²) in [5.41, 5.74) is 0. The molecule has 2 rings (SSSR count). The van der Waals surface area contributed by atoms with Gasteiger partial charge in [-0.25, -0.2) is 0 Å². The smallest absolute Gasteiger partial charge is 0.320 e. The molecule has 74 valence electrons. The van der Waals surface area contributed by atoms with Crippen molar-refractivity contribution < 1.29 is 9.90 Å². The Bertz CT molecular complexity index is 203. The molecule has 2 N–H and O–H groups in total. The molecule has 2 fully saturated rings. The molecule has 1 saturated heterocycles. The standard InChI is InChI=1S/C10H17NO2/c12-10(13)9-8-4-2-1-3-7(8)5-6-11-9/h7-9,11H,1-6H2,(H,12,13)/t7-,8+,9-/m0/s1. The van der Waals surface area contributed by atoms with E-state index in [9.17, 15) is 4.79 Å². The lowest BCUT2D eigenvalue weighted by molar-refractivity contribution is -0.143. The van der Waals surface area contributed by atoms with Crippen LogP contribution in [0.3, 0.4) is 0 Å². The molecule has 0 aromatic rings. The van der Waals surface area contributed by atoms with Crippen molar-refractivity contribution in [1.29, 1.82) is 0 Å². The van der Waals surface area contributed by atoms with E-state index in [4.69, 9.17) is 5.11 Å². The molecule has 0 spiro atoms. The molecule has 0 radical (unpaired) electrons. The fourth-order valence-electron chi connectivity index (χ4n) is 2.88. The number of carboxylic acid groups (broad SMARTS) is 1. The zero-order chi connectivity index (χ0) is 9.26. The maximum atomic E-state index is 10.9. The molecule has 0 unspecified atom stereocenters. The van der Waals surface area contributed by atoms with Crippen LogP contribution in [0.25, 0.3) is 0 Å². The molecule has 0 bridgehead atoms. The van der Waals surface area contributed by atoms with Gasteiger partial charge in [-0.2, -0.15) is 0 Å². The summed E-state index contributed by atoms with van der Waals surface area (Å²) in [6.07, 6.45) is 6.04. The highest BCUT2D eigenvalue weighted by atomic mass is 16.4. The Morgan fingerprint density at radius 3 is 2.77 bits per heavy atom. The minimum absolute atomic E-state index is 0.265. The largest absolute Gasteiger partial charge is 0.480 e. The van der Waals surface area contributed by atoms with Gasteiger partial charge in [0.15, 0.2) is 0 Å². The van der Waals surface area contributed by atoms with Crippen molar-refractivity contribution in [2.45, 2.75) is 38.1 Å². The van der Waals surface area contributed by atoms with E-state index in [2.05, 4.69) is 5.32 Å². The third-order valence-corrected chi connectivity index (χ3v) is 3.54. The van der Waals surface area contributed by atoms with Gasteiger partial charge in [-0.15, -0.1) is 0 Å². The molecule has 3 atom stereocenters. The van der Waals surface area contributed by atoms with E-state index in [1.54, 1.807) is 0 Å². The average molecular weight is 183 g/mol. The van der Waals surface area contributed by atoms with E-state index in [0.29, 0.717) is 11.8 Å². The van der Waals surface area contributed by atoms with Crippen LogP contribution in [0.1, 0.15) is 32.1 Å². The lowest BCUT2D eigenvalue weighted by Crippen LogP contribution is -2.51. The first-order valence-electron chi connectivity index (χ1n) is 5.25. The Hall–Kier alpha value is -0.570. The summed E-state index contributed by atoms with van der Waals surface area (Å²) < 4.78 is 0. The monoisotopic (exact) mass is 183 g/mol. The topological polar surface area (TPSA) is 49.3 Å². The molecule has 0 aromatic heterocycles. The zero-order valence-corrected chi connectivity index (χ0v) is 7.83. The molecule has 0 amide bonds. The van der Waals surface area contributed by atoms with Gasteiger partial charge in [-0.1, -0.05) is 19.3 Å². The van der Waals surface area contributed by atoms with E-state index >= 15 is 0 Å². The minimum atomic E-state index is -0.656. The Morgan fingerprint density at radius 1 is 1.23 bits per heavy atom. The summed E-state index contributed by atoms with van der Waals surface area (Å²) in [4.78, 5) is 10.9. The molecule has 1 aliphatic heterocycles. The van der Waals surface area contributed by atoms with Gasteiger partial charge in [0.1, 0.15) is 6.04 Å². The Balaban J connectivity index is 2.06. The number of hydrogen-bond acceptors (Lipinski definition) is 2. The van der Waals surface area contributed by atoms with E-state index < -0.39 is 5.97 Å². The van der Waals surface area contributed by atoms with Gasteiger partial charge in [-0.05, 0) is 31.2 Å². The Kier molecular flexibility index (Phi) is 2.54. The summed E-state index contributed by atoms with van der Waals surface area (Å²) in [6, 6.07) is -0.265. The second-order valence-electron chi connectivity index (χ2n) is 4.27. The zero-order valence-electron chi connectivity index (χ0n) is 7.83. The Labute approximate surface area is 78.5 Å². The first kappa shape index (κ1) is 9.00. The van der Waals surface area contributed by atoms with Crippen LogP contribution in [0.15, 0.2) is 0 Å². The second-order valence-corrected chi connectivity index (χ2v) is 4.27. The predicted octanol–water partition coefficient (Wildman–Crippen LogP) is 1.24. The number of nitrogens with one attached hydrogen (secondary N) is 1. The fourth-order valence-corrected chi connectivity index (χ4v) is 2.88. The van der Waals surface area contributed by atoms with Crippen molar-refractivity contribution in [3.8, 4) is 0 Å². The van der Waals surface area contributed by atoms with Crippen LogP contribution in [0, 0.1) is 11.8 Å². The molecule has 1 saturated carbocycles. The predicted molar refractivity (Wildman–Crippen MR) is 49.5 cm³/mol. The first-order chi connectivity index (χ1) is 6.29. The summed E-state index contributed by atoms with van der Waals surface area (Å²) in [5, 5.41) is 12.1. The van der Waals surface area contributed by atoms with Crippen molar-refractivity contribution in [1.82, 2.24) is 5.32 Å². The van der Waals surface area contributed by atoms with Gasteiger partial charge in [0.05, 0.1) is 0 Å². The van der Waals surface area contributed by atoms with Crippen LogP contribution in [0.5, 0.6) is 0 Å². The van der Waals surface area contributed by atoms with Crippen LogP contribution in [-0.2, 0) is 4.79 Å². The van der Waals surface area contributed by atoms with Gasteiger partial charge < -0.3 is 10.4 Å². The van der Waals surface area contributed by atoms with Gasteiger partial charge in [0, 0.05) is 0 Å². The molecule has 1 aliphatic carbocycles. The third-order valence-electron chi connectivity index (χ3n) is 3.54. The van der Waals surface area contributed by atoms with Crippen molar-refractivity contribution in [3.63, 3.8) is 0 Å². The first-order valence-corrected chi connectivity index (χ1v) is 5.25. The number of aliphatic carboxylic acids is 1. The lowest BCUT2D eigenvalue weighted by atomic mass is 9.72. The fraction of sp³-hybridized carbons (Fsp3) is 0.900. The van der Waals surface area contributed by atoms with Crippen molar-refractivity contribution in [2.24, 2.45) is 11.8 Å². The van der Waals surface area contributed by atoms with Crippen LogP contribution in [-0.4, -0.2) is 23.7 Å². The quantitative estimate of drug-likeness (QED) is 0.643. The van der Waals surface area contributed by atoms with Crippen LogP contribution >= 0.6 is 0 Å². The maximum Gasteiger partial charge on any atom is 0.320 e. The third kappa shape index (κ3) is 1.70. The summed E-state index contributed by atoms with van der Waals surface area (Å²) in [6.45, 7) is 0.887. The van der Waals surface area contributed by atoms with Crippen LogP contribution in [0.2, 0.25) is 0 Å². The normalized spacial score (nSPS) is 39.5. The molecule has 2 aliphatic rings. The van der Waals surface area contributed by atoms with Gasteiger partial charge >= 0.3 is 5.97 Å². The van der Waals surface area contributed by atoms with Crippen LogP contribution < -0.4 is 5.32 Å². The van der Waals surface area contributed by atoms with E-state index in [-0.39, 0.29) is 6.04 Å². The highest BCUT2D eigenvalue weighted by Gasteiger charge is 2.38. The van der Waals surface area contributed by atoms with Gasteiger partial charge in [0.2, 0.25) is 0 Å².